The van der Waals surface area contributed by atoms with Crippen molar-refractivity contribution in [3.05, 3.63) is 52.6 Å². The number of benzene rings is 1. The number of anilines is 1. The smallest absolute Gasteiger partial charge is 0.408 e. The number of carbonyl (C=O) groups is 3. The van der Waals surface area contributed by atoms with Gasteiger partial charge in [-0.1, -0.05) is 49.0 Å². The summed E-state index contributed by atoms with van der Waals surface area (Å²) in [7, 11) is 0. The molecular weight excluding hydrogens is 582 g/mol. The van der Waals surface area contributed by atoms with Crippen molar-refractivity contribution in [2.24, 2.45) is 5.73 Å². The van der Waals surface area contributed by atoms with Gasteiger partial charge in [-0.05, 0) is 51.2 Å². The molecule has 3 amide bonds. The van der Waals surface area contributed by atoms with E-state index in [4.69, 9.17) is 20.2 Å². The molecule has 0 aliphatic carbocycles. The Morgan fingerprint density at radius 3 is 2.30 bits per heavy atom. The number of nitrogens with zero attached hydrogens (tertiary/aromatic N) is 4. The van der Waals surface area contributed by atoms with Gasteiger partial charge >= 0.3 is 6.09 Å². The van der Waals surface area contributed by atoms with E-state index in [2.05, 4.69) is 22.8 Å². The van der Waals surface area contributed by atoms with Crippen molar-refractivity contribution < 1.29 is 23.9 Å². The lowest BCUT2D eigenvalue weighted by Gasteiger charge is -2.42. The van der Waals surface area contributed by atoms with Crippen molar-refractivity contribution in [3.8, 4) is 12.1 Å². The van der Waals surface area contributed by atoms with Gasteiger partial charge in [0.05, 0.1) is 24.3 Å². The number of rotatable bonds is 9. The summed E-state index contributed by atoms with van der Waals surface area (Å²) in [5, 5.41) is 25.5. The predicted octanol–water partition coefficient (Wildman–Crippen LogP) is 3.08. The normalized spacial score (nSPS) is 16.9. The fourth-order valence-corrected chi connectivity index (χ4v) is 6.21. The van der Waals surface area contributed by atoms with Gasteiger partial charge in [0.25, 0.3) is 5.91 Å². The Morgan fingerprint density at radius 2 is 1.80 bits per heavy atom. The summed E-state index contributed by atoms with van der Waals surface area (Å²) in [6.45, 7) is 8.16. The van der Waals surface area contributed by atoms with Crippen LogP contribution in [0.2, 0.25) is 0 Å². The number of primary amides is 1. The molecule has 44 heavy (non-hydrogen) atoms. The van der Waals surface area contributed by atoms with Gasteiger partial charge in [0.15, 0.2) is 5.54 Å². The number of aromatic nitrogens is 1. The van der Waals surface area contributed by atoms with Crippen LogP contribution in [0.1, 0.15) is 68.0 Å². The number of alkyl carbamates (subject to hydrolysis) is 1. The number of pyridine rings is 1. The van der Waals surface area contributed by atoms with Crippen LogP contribution in [0, 0.1) is 22.7 Å². The van der Waals surface area contributed by atoms with Crippen LogP contribution in [0.5, 0.6) is 0 Å². The largest absolute Gasteiger partial charge is 0.444 e. The van der Waals surface area contributed by atoms with Crippen LogP contribution >= 0.6 is 11.8 Å². The van der Waals surface area contributed by atoms with Crippen molar-refractivity contribution >= 4 is 35.5 Å². The molecule has 232 valence electrons. The third-order valence-corrected chi connectivity index (χ3v) is 8.68. The highest BCUT2D eigenvalue weighted by molar-refractivity contribution is 8.00. The van der Waals surface area contributed by atoms with E-state index in [0.717, 1.165) is 11.8 Å². The summed E-state index contributed by atoms with van der Waals surface area (Å²) < 4.78 is 10.6. The first kappa shape index (κ1) is 32.6. The molecule has 1 unspecified atom stereocenters. The number of nitrogens with one attached hydrogen (secondary N) is 2. The number of thioether (sulfide) groups is 1. The first-order valence-corrected chi connectivity index (χ1v) is 15.3. The minimum Gasteiger partial charge on any atom is -0.444 e. The lowest BCUT2D eigenvalue weighted by atomic mass is 9.94. The van der Waals surface area contributed by atoms with E-state index < -0.39 is 28.4 Å². The van der Waals surface area contributed by atoms with E-state index in [1.807, 2.05) is 30.0 Å². The molecule has 1 aromatic carbocycles. The molecule has 2 fully saturated rings. The van der Waals surface area contributed by atoms with Gasteiger partial charge < -0.3 is 30.7 Å². The van der Waals surface area contributed by atoms with Gasteiger partial charge in [0.1, 0.15) is 33.8 Å². The molecule has 4 rings (SSSR count). The first-order chi connectivity index (χ1) is 20.9. The molecule has 13 heteroatoms. The summed E-state index contributed by atoms with van der Waals surface area (Å²) in [5.74, 6) is -0.474. The number of nitrogens with two attached hydrogens (primary N) is 1. The zero-order chi connectivity index (χ0) is 32.1. The molecule has 1 atom stereocenters. The maximum absolute atomic E-state index is 13.2. The molecule has 0 radical (unpaired) electrons. The molecule has 2 aromatic rings. The van der Waals surface area contributed by atoms with Gasteiger partial charge in [0.2, 0.25) is 5.91 Å². The van der Waals surface area contributed by atoms with E-state index in [1.165, 1.54) is 0 Å². The monoisotopic (exact) mass is 619 g/mol. The molecule has 4 N–H and O–H groups in total. The van der Waals surface area contributed by atoms with Crippen LogP contribution in [0.4, 0.5) is 10.6 Å². The second-order valence-electron chi connectivity index (χ2n) is 11.8. The highest BCUT2D eigenvalue weighted by atomic mass is 32.2. The van der Waals surface area contributed by atoms with Gasteiger partial charge in [0, 0.05) is 19.1 Å². The summed E-state index contributed by atoms with van der Waals surface area (Å²) >= 11 is 1.10. The van der Waals surface area contributed by atoms with Crippen LogP contribution in [0.25, 0.3) is 0 Å². The first-order valence-electron chi connectivity index (χ1n) is 14.4. The average Bonchev–Trinajstić information content (AvgIpc) is 2.96. The predicted molar refractivity (Wildman–Crippen MR) is 164 cm³/mol. The molecule has 12 nitrogen and oxygen atoms in total. The lowest BCUT2D eigenvalue weighted by molar-refractivity contribution is -0.148. The molecule has 1 aromatic heterocycles. The van der Waals surface area contributed by atoms with Crippen molar-refractivity contribution in [3.63, 3.8) is 0 Å². The van der Waals surface area contributed by atoms with Crippen LogP contribution in [-0.4, -0.2) is 66.4 Å². The minimum absolute atomic E-state index is 0.0487. The molecular formula is C31H37N7O5S. The molecule has 0 bridgehead atoms. The van der Waals surface area contributed by atoms with E-state index in [-0.39, 0.29) is 30.7 Å². The molecule has 3 heterocycles. The molecule has 2 saturated heterocycles. The number of ether oxygens (including phenoxy) is 2. The Labute approximate surface area is 261 Å². The quantitative estimate of drug-likeness (QED) is 0.353. The lowest BCUT2D eigenvalue weighted by Crippen LogP contribution is -2.71. The average molecular weight is 620 g/mol. The summed E-state index contributed by atoms with van der Waals surface area (Å²) in [5.41, 5.74) is 5.69. The molecule has 2 aliphatic rings. The number of hydrogen-bond donors (Lipinski definition) is 3. The zero-order valence-electron chi connectivity index (χ0n) is 25.3. The number of piperidine rings is 1. The van der Waals surface area contributed by atoms with Gasteiger partial charge in [-0.2, -0.15) is 10.5 Å². The van der Waals surface area contributed by atoms with Gasteiger partial charge in [-0.25, -0.2) is 9.78 Å². The number of carbonyl (C=O) groups excluding carboxylic acids is 3. The fourth-order valence-electron chi connectivity index (χ4n) is 5.15. The summed E-state index contributed by atoms with van der Waals surface area (Å²) in [6, 6.07) is 13.3. The van der Waals surface area contributed by atoms with Crippen molar-refractivity contribution in [1.82, 2.24) is 15.6 Å². The van der Waals surface area contributed by atoms with Gasteiger partial charge in [-0.3, -0.25) is 9.59 Å². The van der Waals surface area contributed by atoms with E-state index >= 15 is 0 Å². The topological polar surface area (TPSA) is 183 Å². The van der Waals surface area contributed by atoms with Crippen LogP contribution in [0.15, 0.2) is 35.4 Å². The van der Waals surface area contributed by atoms with Gasteiger partial charge in [-0.15, -0.1) is 0 Å². The Balaban J connectivity index is 1.52. The number of hydrogen-bond acceptors (Lipinski definition) is 10. The SMILES string of the molecule is CCc1c(C#N)c(SC(C(N)=O)c2ccccc2)nc(N2CCC(NC(=O)C3(NC(=O)OC(C)(C)C)COC3)CC2)c1C#N. The highest BCUT2D eigenvalue weighted by Crippen LogP contribution is 2.40. The maximum Gasteiger partial charge on any atom is 0.408 e. The third-order valence-electron chi connectivity index (χ3n) is 7.42. The highest BCUT2D eigenvalue weighted by Gasteiger charge is 2.49. The summed E-state index contributed by atoms with van der Waals surface area (Å²) in [6.07, 6.45) is 0.842. The third kappa shape index (κ3) is 7.24. The summed E-state index contributed by atoms with van der Waals surface area (Å²) in [4.78, 5) is 44.8. The van der Waals surface area contributed by atoms with Crippen LogP contribution in [0.3, 0.4) is 0 Å². The van der Waals surface area contributed by atoms with Crippen molar-refractivity contribution in [1.29, 1.82) is 10.5 Å². The zero-order valence-corrected chi connectivity index (χ0v) is 26.1. The Hall–Kier alpha value is -4.33. The maximum atomic E-state index is 13.2. The van der Waals surface area contributed by atoms with Crippen LogP contribution < -0.4 is 21.3 Å². The van der Waals surface area contributed by atoms with E-state index in [9.17, 15) is 24.9 Å². The second-order valence-corrected chi connectivity index (χ2v) is 12.9. The molecule has 0 spiro atoms. The molecule has 2 aliphatic heterocycles. The Kier molecular flexibility index (Phi) is 10.0. The van der Waals surface area contributed by atoms with Crippen LogP contribution in [-0.2, 0) is 25.5 Å². The molecule has 0 saturated carbocycles. The van der Waals surface area contributed by atoms with E-state index in [0.29, 0.717) is 59.9 Å². The standard InChI is InChI=1S/C31H37N7O5S/c1-5-21-22(15-32)26(36-27(23(21)16-33)44-24(25(34)39)19-9-7-6-8-10-19)38-13-11-20(12-14-38)35-28(40)31(17-42-18-31)37-29(41)43-30(2,3)4/h6-10,20,24H,5,11-14,17-18H2,1-4H3,(H2,34,39)(H,35,40)(H,37,41). The second kappa shape index (κ2) is 13.5. The number of nitriles is 2. The van der Waals surface area contributed by atoms with Crippen molar-refractivity contribution in [2.45, 2.75) is 74.4 Å². The Morgan fingerprint density at radius 1 is 1.16 bits per heavy atom. The van der Waals surface area contributed by atoms with Crippen molar-refractivity contribution in [2.75, 3.05) is 31.2 Å². The fraction of sp³-hybridized carbons (Fsp3) is 0.484. The minimum atomic E-state index is -1.19. The Bertz CT molecular complexity index is 1480. The number of amides is 3. The van der Waals surface area contributed by atoms with E-state index in [1.54, 1.807) is 32.9 Å².